The number of fused-ring (bicyclic) bond motifs is 1. The fourth-order valence-corrected chi connectivity index (χ4v) is 4.54. The third-order valence-corrected chi connectivity index (χ3v) is 6.18. The summed E-state index contributed by atoms with van der Waals surface area (Å²) in [7, 11) is 0. The summed E-state index contributed by atoms with van der Waals surface area (Å²) < 4.78 is 1.51. The molecular weight excluding hydrogens is 388 g/mol. The molecule has 3 aromatic rings. The molecule has 150 valence electrons. The number of hydrogen-bond donors (Lipinski definition) is 1. The van der Waals surface area contributed by atoms with Crippen LogP contribution in [0.15, 0.2) is 40.8 Å². The third kappa shape index (κ3) is 3.93. The first-order valence-electron chi connectivity index (χ1n) is 9.52. The number of nitrogens with zero attached hydrogens (tertiary/aromatic N) is 3. The van der Waals surface area contributed by atoms with Crippen LogP contribution in [-0.4, -0.2) is 39.4 Å². The second kappa shape index (κ2) is 7.79. The molecule has 0 spiro atoms. The van der Waals surface area contributed by atoms with Gasteiger partial charge < -0.3 is 10.6 Å². The molecule has 0 saturated carbocycles. The molecule has 8 heteroatoms. The largest absolute Gasteiger partial charge is 0.370 e. The SMILES string of the molecule is Cc1ccc(-c2csc3ncn(CCC(=O)N4CC(CC(N)=O)C4)c(=O)c23)cc1. The molecule has 0 aliphatic carbocycles. The second-order valence-corrected chi connectivity index (χ2v) is 8.38. The number of carbonyl (C=O) groups excluding carboxylic acids is 2. The van der Waals surface area contributed by atoms with Crippen LogP contribution in [0.25, 0.3) is 21.3 Å². The van der Waals surface area contributed by atoms with Crippen LogP contribution in [0.4, 0.5) is 0 Å². The van der Waals surface area contributed by atoms with Crippen LogP contribution in [0.2, 0.25) is 0 Å². The molecule has 1 aliphatic heterocycles. The van der Waals surface area contributed by atoms with Gasteiger partial charge in [-0.1, -0.05) is 29.8 Å². The van der Waals surface area contributed by atoms with Crippen molar-refractivity contribution >= 4 is 33.4 Å². The zero-order valence-corrected chi connectivity index (χ0v) is 16.9. The van der Waals surface area contributed by atoms with E-state index < -0.39 is 0 Å². The van der Waals surface area contributed by atoms with Gasteiger partial charge in [0.15, 0.2) is 0 Å². The van der Waals surface area contributed by atoms with E-state index in [1.807, 2.05) is 36.6 Å². The number of likely N-dealkylation sites (tertiary alicyclic amines) is 1. The smallest absolute Gasteiger partial charge is 0.262 e. The normalized spacial score (nSPS) is 14.2. The Kier molecular flexibility index (Phi) is 5.19. The second-order valence-electron chi connectivity index (χ2n) is 7.52. The van der Waals surface area contributed by atoms with E-state index in [0.717, 1.165) is 16.7 Å². The predicted octanol–water partition coefficient (Wildman–Crippen LogP) is 2.16. The van der Waals surface area contributed by atoms with Gasteiger partial charge in [0.25, 0.3) is 5.56 Å². The zero-order chi connectivity index (χ0) is 20.5. The van der Waals surface area contributed by atoms with Crippen molar-refractivity contribution in [2.75, 3.05) is 13.1 Å². The fraction of sp³-hybridized carbons (Fsp3) is 0.333. The van der Waals surface area contributed by atoms with E-state index in [2.05, 4.69) is 4.98 Å². The molecule has 1 aliphatic rings. The van der Waals surface area contributed by atoms with Crippen molar-refractivity contribution in [2.24, 2.45) is 11.7 Å². The van der Waals surface area contributed by atoms with Crippen molar-refractivity contribution < 1.29 is 9.59 Å². The van der Waals surface area contributed by atoms with Crippen molar-refractivity contribution in [2.45, 2.75) is 26.3 Å². The lowest BCUT2D eigenvalue weighted by Gasteiger charge is -2.38. The van der Waals surface area contributed by atoms with Gasteiger partial charge in [-0.15, -0.1) is 11.3 Å². The summed E-state index contributed by atoms with van der Waals surface area (Å²) in [4.78, 5) is 43.1. The lowest BCUT2D eigenvalue weighted by molar-refractivity contribution is -0.139. The minimum atomic E-state index is -0.340. The highest BCUT2D eigenvalue weighted by molar-refractivity contribution is 7.17. The molecule has 0 radical (unpaired) electrons. The van der Waals surface area contributed by atoms with Crippen molar-refractivity contribution in [3.8, 4) is 11.1 Å². The van der Waals surface area contributed by atoms with Crippen molar-refractivity contribution in [1.82, 2.24) is 14.5 Å². The molecule has 7 nitrogen and oxygen atoms in total. The number of aryl methyl sites for hydroxylation is 2. The van der Waals surface area contributed by atoms with Crippen LogP contribution in [0.1, 0.15) is 18.4 Å². The molecule has 0 atom stereocenters. The fourth-order valence-electron chi connectivity index (χ4n) is 3.63. The number of nitrogens with two attached hydrogens (primary N) is 1. The Labute approximate surface area is 171 Å². The van der Waals surface area contributed by atoms with Gasteiger partial charge in [-0.2, -0.15) is 0 Å². The molecule has 0 unspecified atom stereocenters. The van der Waals surface area contributed by atoms with Crippen LogP contribution in [0.3, 0.4) is 0 Å². The molecule has 0 bridgehead atoms. The summed E-state index contributed by atoms with van der Waals surface area (Å²) in [5, 5.41) is 2.55. The summed E-state index contributed by atoms with van der Waals surface area (Å²) in [5.41, 5.74) is 8.07. The van der Waals surface area contributed by atoms with Crippen LogP contribution < -0.4 is 11.3 Å². The lowest BCUT2D eigenvalue weighted by Crippen LogP contribution is -2.51. The molecule has 29 heavy (non-hydrogen) atoms. The Balaban J connectivity index is 1.49. The third-order valence-electron chi connectivity index (χ3n) is 5.29. The first-order chi connectivity index (χ1) is 13.9. The Bertz CT molecular complexity index is 1130. The van der Waals surface area contributed by atoms with Gasteiger partial charge in [-0.25, -0.2) is 4.98 Å². The van der Waals surface area contributed by atoms with Gasteiger partial charge in [0, 0.05) is 49.3 Å². The maximum atomic E-state index is 13.0. The summed E-state index contributed by atoms with van der Waals surface area (Å²) >= 11 is 1.45. The number of hydrogen-bond acceptors (Lipinski definition) is 5. The molecular formula is C21H22N4O3S. The summed E-state index contributed by atoms with van der Waals surface area (Å²) in [6, 6.07) is 8.04. The van der Waals surface area contributed by atoms with E-state index in [9.17, 15) is 14.4 Å². The van der Waals surface area contributed by atoms with Crippen molar-refractivity contribution in [3.05, 3.63) is 51.9 Å². The van der Waals surface area contributed by atoms with Crippen LogP contribution in [0.5, 0.6) is 0 Å². The molecule has 1 saturated heterocycles. The minimum Gasteiger partial charge on any atom is -0.370 e. The predicted molar refractivity (Wildman–Crippen MR) is 113 cm³/mol. The van der Waals surface area contributed by atoms with E-state index in [1.54, 1.807) is 4.90 Å². The van der Waals surface area contributed by atoms with Crippen LogP contribution >= 0.6 is 11.3 Å². The number of primary amides is 1. The van der Waals surface area contributed by atoms with Crippen LogP contribution in [-0.2, 0) is 16.1 Å². The highest BCUT2D eigenvalue weighted by Gasteiger charge is 2.31. The monoisotopic (exact) mass is 410 g/mol. The first-order valence-corrected chi connectivity index (χ1v) is 10.4. The van der Waals surface area contributed by atoms with Gasteiger partial charge in [0.05, 0.1) is 11.7 Å². The Morgan fingerprint density at radius 1 is 1.24 bits per heavy atom. The van der Waals surface area contributed by atoms with Gasteiger partial charge >= 0.3 is 0 Å². The summed E-state index contributed by atoms with van der Waals surface area (Å²) in [6.45, 7) is 3.40. The molecule has 1 aromatic carbocycles. The quantitative estimate of drug-likeness (QED) is 0.673. The molecule has 1 fully saturated rings. The molecule has 2 N–H and O–H groups in total. The minimum absolute atomic E-state index is 0.0261. The average molecular weight is 410 g/mol. The number of benzene rings is 1. The van der Waals surface area contributed by atoms with E-state index in [1.165, 1.54) is 22.2 Å². The van der Waals surface area contributed by atoms with E-state index in [0.29, 0.717) is 29.7 Å². The van der Waals surface area contributed by atoms with Crippen molar-refractivity contribution in [1.29, 1.82) is 0 Å². The van der Waals surface area contributed by atoms with Crippen molar-refractivity contribution in [3.63, 3.8) is 0 Å². The van der Waals surface area contributed by atoms with Crippen LogP contribution in [0, 0.1) is 12.8 Å². The number of amides is 2. The number of carbonyl (C=O) groups is 2. The molecule has 4 rings (SSSR count). The molecule has 2 amide bonds. The molecule has 2 aromatic heterocycles. The van der Waals surface area contributed by atoms with Gasteiger partial charge in [-0.05, 0) is 12.5 Å². The number of aromatic nitrogens is 2. The van der Waals surface area contributed by atoms with Gasteiger partial charge in [0.1, 0.15) is 4.83 Å². The maximum Gasteiger partial charge on any atom is 0.262 e. The van der Waals surface area contributed by atoms with E-state index in [4.69, 9.17) is 5.73 Å². The van der Waals surface area contributed by atoms with E-state index in [-0.39, 0.29) is 36.3 Å². The first kappa shape index (κ1) is 19.3. The summed E-state index contributed by atoms with van der Waals surface area (Å²) in [6.07, 6.45) is 2.05. The molecule has 3 heterocycles. The van der Waals surface area contributed by atoms with Gasteiger partial charge in [0.2, 0.25) is 11.8 Å². The number of rotatable bonds is 6. The maximum absolute atomic E-state index is 13.0. The standard InChI is InChI=1S/C21H22N4O3S/c1-13-2-4-15(5-3-13)16-11-29-20-19(16)21(28)24(12-23-20)7-6-18(27)25-9-14(10-25)8-17(22)26/h2-5,11-12,14H,6-10H2,1H3,(H2,22,26). The number of thiophene rings is 1. The average Bonchev–Trinajstić information content (AvgIpc) is 3.09. The Morgan fingerprint density at radius 2 is 1.97 bits per heavy atom. The highest BCUT2D eigenvalue weighted by Crippen LogP contribution is 2.30. The Hall–Kier alpha value is -3.00. The lowest BCUT2D eigenvalue weighted by atomic mass is 9.96. The summed E-state index contributed by atoms with van der Waals surface area (Å²) in [5.74, 6) is -0.213. The van der Waals surface area contributed by atoms with E-state index >= 15 is 0 Å². The Morgan fingerprint density at radius 3 is 2.66 bits per heavy atom. The topological polar surface area (TPSA) is 98.3 Å². The highest BCUT2D eigenvalue weighted by atomic mass is 32.1. The van der Waals surface area contributed by atoms with Gasteiger partial charge in [-0.3, -0.25) is 19.0 Å². The zero-order valence-electron chi connectivity index (χ0n) is 16.1.